The minimum absolute atomic E-state index is 0.0889. The van der Waals surface area contributed by atoms with Crippen LogP contribution in [0.1, 0.15) is 0 Å². The average molecular weight is 237 g/mol. The minimum atomic E-state index is -1.06. The molecule has 0 atom stereocenters. The van der Waals surface area contributed by atoms with Gasteiger partial charge in [0, 0.05) is 6.54 Å². The van der Waals surface area contributed by atoms with Gasteiger partial charge in [-0.15, -0.1) is 0 Å². The molecule has 0 aliphatic heterocycles. The summed E-state index contributed by atoms with van der Waals surface area (Å²) >= 11 is 20.9. The molecule has 6 heteroatoms. The van der Waals surface area contributed by atoms with Crippen LogP contribution in [0.2, 0.25) is 0 Å². The number of rotatable bonds is 3. The van der Waals surface area contributed by atoms with E-state index in [1.54, 1.807) is 0 Å². The molecule has 0 fully saturated rings. The topological polar surface area (TPSA) is 29.1 Å². The zero-order valence-corrected chi connectivity index (χ0v) is 8.31. The molecule has 0 spiro atoms. The number of carbonyl (C=O) groups excluding carboxylic acids is 1. The van der Waals surface area contributed by atoms with Crippen molar-refractivity contribution in [2.75, 3.05) is 6.54 Å². The molecule has 0 unspecified atom stereocenters. The fourth-order valence-electron chi connectivity index (χ4n) is 0.306. The predicted octanol–water partition coefficient (Wildman–Crippen LogP) is 2.23. The van der Waals surface area contributed by atoms with Crippen molar-refractivity contribution in [3.8, 4) is 0 Å². The van der Waals surface area contributed by atoms with Crippen molar-refractivity contribution >= 4 is 52.3 Å². The van der Waals surface area contributed by atoms with Crippen LogP contribution in [0.3, 0.4) is 0 Å². The fraction of sp³-hybridized carbons (Fsp3) is 0.400. The lowest BCUT2D eigenvalue weighted by atomic mass is 10.6. The number of nitrogens with one attached hydrogen (secondary N) is 1. The molecule has 11 heavy (non-hydrogen) atoms. The first-order valence-corrected chi connectivity index (χ1v) is 4.24. The van der Waals surface area contributed by atoms with E-state index < -0.39 is 10.7 Å². The van der Waals surface area contributed by atoms with E-state index in [1.807, 2.05) is 0 Å². The van der Waals surface area contributed by atoms with E-state index in [0.29, 0.717) is 0 Å². The fourth-order valence-corrected chi connectivity index (χ4v) is 0.615. The summed E-state index contributed by atoms with van der Waals surface area (Å²) in [5.41, 5.74) is 0. The molecule has 1 amide bonds. The standard InChI is InChI=1S/C5H5Cl4NO/c6-3(7)1-2-10-5(11)4(8)9/h1,4H,2H2,(H,10,11). The van der Waals surface area contributed by atoms with Gasteiger partial charge < -0.3 is 5.32 Å². The summed E-state index contributed by atoms with van der Waals surface area (Å²) in [6.07, 6.45) is 1.41. The van der Waals surface area contributed by atoms with Crippen LogP contribution in [0.25, 0.3) is 0 Å². The largest absolute Gasteiger partial charge is 0.350 e. The highest BCUT2D eigenvalue weighted by molar-refractivity contribution is 6.56. The molecule has 0 heterocycles. The molecule has 0 saturated heterocycles. The zero-order chi connectivity index (χ0) is 8.85. The molecule has 0 aromatic carbocycles. The van der Waals surface area contributed by atoms with Crippen molar-refractivity contribution in [3.05, 3.63) is 10.6 Å². The first-order valence-electron chi connectivity index (χ1n) is 2.61. The van der Waals surface area contributed by atoms with E-state index in [1.165, 1.54) is 6.08 Å². The van der Waals surface area contributed by atoms with Crippen LogP contribution in [-0.4, -0.2) is 17.3 Å². The van der Waals surface area contributed by atoms with Crippen molar-refractivity contribution in [2.45, 2.75) is 4.84 Å². The Bertz CT molecular complexity index is 164. The highest BCUT2D eigenvalue weighted by Crippen LogP contribution is 2.05. The van der Waals surface area contributed by atoms with Gasteiger partial charge in [0.25, 0.3) is 5.91 Å². The normalized spacial score (nSPS) is 9.55. The third-order valence-electron chi connectivity index (χ3n) is 0.731. The van der Waals surface area contributed by atoms with Crippen LogP contribution in [0.4, 0.5) is 0 Å². The van der Waals surface area contributed by atoms with Crippen LogP contribution >= 0.6 is 46.4 Å². The number of amides is 1. The molecule has 0 aliphatic rings. The van der Waals surface area contributed by atoms with Gasteiger partial charge in [0.2, 0.25) is 0 Å². The SMILES string of the molecule is O=C(NCC=C(Cl)Cl)C(Cl)Cl. The highest BCUT2D eigenvalue weighted by Gasteiger charge is 2.08. The van der Waals surface area contributed by atoms with E-state index in [-0.39, 0.29) is 11.0 Å². The predicted molar refractivity (Wildman–Crippen MR) is 48.3 cm³/mol. The van der Waals surface area contributed by atoms with Gasteiger partial charge >= 0.3 is 0 Å². The summed E-state index contributed by atoms with van der Waals surface area (Å²) in [4.78, 5) is 9.58. The average Bonchev–Trinajstić information content (AvgIpc) is 1.86. The molecule has 2 nitrogen and oxygen atoms in total. The van der Waals surface area contributed by atoms with Gasteiger partial charge in [0.15, 0.2) is 4.84 Å². The van der Waals surface area contributed by atoms with Gasteiger partial charge in [-0.25, -0.2) is 0 Å². The smallest absolute Gasteiger partial charge is 0.253 e. The molecule has 0 rings (SSSR count). The maximum atomic E-state index is 10.6. The van der Waals surface area contributed by atoms with Gasteiger partial charge in [-0.3, -0.25) is 4.79 Å². The molecular formula is C5H5Cl4NO. The van der Waals surface area contributed by atoms with Crippen LogP contribution in [-0.2, 0) is 4.79 Å². The number of alkyl halides is 2. The van der Waals surface area contributed by atoms with E-state index >= 15 is 0 Å². The second kappa shape index (κ2) is 5.95. The summed E-state index contributed by atoms with van der Waals surface area (Å²) in [7, 11) is 0. The van der Waals surface area contributed by atoms with E-state index in [0.717, 1.165) is 0 Å². The Labute approximate surface area is 84.4 Å². The Balaban J connectivity index is 3.56. The Hall–Kier alpha value is 0.370. The first-order chi connectivity index (χ1) is 5.04. The van der Waals surface area contributed by atoms with Crippen LogP contribution < -0.4 is 5.32 Å². The Kier molecular flexibility index (Phi) is 6.15. The summed E-state index contributed by atoms with van der Waals surface area (Å²) in [6.45, 7) is 0.219. The molecule has 64 valence electrons. The highest BCUT2D eigenvalue weighted by atomic mass is 35.5. The Morgan fingerprint density at radius 3 is 2.36 bits per heavy atom. The Morgan fingerprint density at radius 1 is 1.45 bits per heavy atom. The summed E-state index contributed by atoms with van der Waals surface area (Å²) in [6, 6.07) is 0. The third kappa shape index (κ3) is 6.76. The summed E-state index contributed by atoms with van der Waals surface area (Å²) in [5, 5.41) is 2.37. The lowest BCUT2D eigenvalue weighted by molar-refractivity contribution is -0.119. The molecule has 0 aromatic rings. The molecule has 0 aromatic heterocycles. The number of hydrogen-bond donors (Lipinski definition) is 1. The first kappa shape index (κ1) is 11.4. The van der Waals surface area contributed by atoms with Gasteiger partial charge in [-0.1, -0.05) is 46.4 Å². The van der Waals surface area contributed by atoms with E-state index in [4.69, 9.17) is 46.4 Å². The quantitative estimate of drug-likeness (QED) is 0.749. The van der Waals surface area contributed by atoms with Crippen molar-refractivity contribution in [1.82, 2.24) is 5.32 Å². The van der Waals surface area contributed by atoms with E-state index in [9.17, 15) is 4.79 Å². The maximum absolute atomic E-state index is 10.6. The van der Waals surface area contributed by atoms with Crippen molar-refractivity contribution in [2.24, 2.45) is 0 Å². The lowest BCUT2D eigenvalue weighted by Crippen LogP contribution is -2.28. The van der Waals surface area contributed by atoms with Gasteiger partial charge in [-0.05, 0) is 6.08 Å². The lowest BCUT2D eigenvalue weighted by Gasteiger charge is -2.00. The Morgan fingerprint density at radius 2 is 2.00 bits per heavy atom. The second-order valence-corrected chi connectivity index (χ2v) is 3.64. The number of halogens is 4. The van der Waals surface area contributed by atoms with Gasteiger partial charge in [0.05, 0.1) is 0 Å². The van der Waals surface area contributed by atoms with Crippen LogP contribution in [0, 0.1) is 0 Å². The second-order valence-electron chi connectivity index (χ2n) is 1.54. The zero-order valence-electron chi connectivity index (χ0n) is 5.28. The van der Waals surface area contributed by atoms with Gasteiger partial charge in [-0.2, -0.15) is 0 Å². The minimum Gasteiger partial charge on any atom is -0.350 e. The third-order valence-corrected chi connectivity index (χ3v) is 1.44. The van der Waals surface area contributed by atoms with Crippen LogP contribution in [0.5, 0.6) is 0 Å². The molecule has 0 radical (unpaired) electrons. The maximum Gasteiger partial charge on any atom is 0.253 e. The van der Waals surface area contributed by atoms with Crippen LogP contribution in [0.15, 0.2) is 10.6 Å². The number of hydrogen-bond acceptors (Lipinski definition) is 1. The molecular weight excluding hydrogens is 232 g/mol. The van der Waals surface area contributed by atoms with E-state index in [2.05, 4.69) is 5.32 Å². The van der Waals surface area contributed by atoms with Crippen molar-refractivity contribution < 1.29 is 4.79 Å². The summed E-state index contributed by atoms with van der Waals surface area (Å²) < 4.78 is 0.0889. The van der Waals surface area contributed by atoms with Gasteiger partial charge in [0.1, 0.15) is 4.49 Å². The molecule has 0 aliphatic carbocycles. The monoisotopic (exact) mass is 235 g/mol. The number of carbonyl (C=O) groups is 1. The molecule has 1 N–H and O–H groups in total. The molecule has 0 saturated carbocycles. The van der Waals surface area contributed by atoms with Crippen molar-refractivity contribution in [1.29, 1.82) is 0 Å². The molecule has 0 bridgehead atoms. The van der Waals surface area contributed by atoms with Crippen molar-refractivity contribution in [3.63, 3.8) is 0 Å². The summed E-state index contributed by atoms with van der Waals surface area (Å²) in [5.74, 6) is -0.473.